The molecule has 0 fully saturated rings. The molecule has 2 rings (SSSR count). The van der Waals surface area contributed by atoms with Gasteiger partial charge in [-0.05, 0) is 42.2 Å². The van der Waals surface area contributed by atoms with E-state index in [9.17, 15) is 0 Å². The number of hydrogen-bond acceptors (Lipinski definition) is 0. The summed E-state index contributed by atoms with van der Waals surface area (Å²) in [6.07, 6.45) is 1.03. The minimum absolute atomic E-state index is 0.0762. The summed E-state index contributed by atoms with van der Waals surface area (Å²) in [5, 5.41) is 1.86. The van der Waals surface area contributed by atoms with Gasteiger partial charge in [0.25, 0.3) is 0 Å². The van der Waals surface area contributed by atoms with Gasteiger partial charge in [-0.1, -0.05) is 84.2 Å². The van der Waals surface area contributed by atoms with Crippen molar-refractivity contribution >= 4 is 47.8 Å². The van der Waals surface area contributed by atoms with Gasteiger partial charge in [0, 0.05) is 20.5 Å². The lowest BCUT2D eigenvalue weighted by Gasteiger charge is -2.31. The summed E-state index contributed by atoms with van der Waals surface area (Å²) in [6.45, 7) is 2.18. The van der Waals surface area contributed by atoms with Gasteiger partial charge in [-0.25, -0.2) is 0 Å². The fourth-order valence-corrected chi connectivity index (χ4v) is 4.60. The quantitative estimate of drug-likeness (QED) is 0.478. The second kappa shape index (κ2) is 7.24. The van der Waals surface area contributed by atoms with E-state index in [4.69, 9.17) is 0 Å². The predicted molar refractivity (Wildman–Crippen MR) is 98.3 cm³/mol. The summed E-state index contributed by atoms with van der Waals surface area (Å²) in [5.41, 5.74) is 4.20. The number of aryl methyl sites for hydroxylation is 1. The Morgan fingerprint density at radius 2 is 1.50 bits per heavy atom. The van der Waals surface area contributed by atoms with E-state index in [-0.39, 0.29) is 5.41 Å². The molecule has 0 amide bonds. The van der Waals surface area contributed by atoms with E-state index in [1.807, 2.05) is 0 Å². The maximum Gasteiger partial charge on any atom is 0.0187 e. The van der Waals surface area contributed by atoms with Gasteiger partial charge in [-0.3, -0.25) is 0 Å². The highest BCUT2D eigenvalue weighted by molar-refractivity contribution is 9.10. The molecular formula is C17H17Br3. The first-order chi connectivity index (χ1) is 9.61. The van der Waals surface area contributed by atoms with Crippen LogP contribution in [0.3, 0.4) is 0 Å². The molecule has 0 bridgehead atoms. The third kappa shape index (κ3) is 3.55. The first-order valence-electron chi connectivity index (χ1n) is 6.54. The average Bonchev–Trinajstić information content (AvgIpc) is 2.48. The van der Waals surface area contributed by atoms with Gasteiger partial charge in [0.05, 0.1) is 0 Å². The second-order valence-corrected chi connectivity index (χ2v) is 7.19. The molecule has 2 aromatic carbocycles. The largest absolute Gasteiger partial charge is 0.0918 e. The molecule has 0 nitrogen and oxygen atoms in total. The zero-order chi connectivity index (χ0) is 14.6. The average molecular weight is 461 g/mol. The highest BCUT2D eigenvalue weighted by Crippen LogP contribution is 2.34. The molecule has 0 heterocycles. The topological polar surface area (TPSA) is 0 Å². The van der Waals surface area contributed by atoms with Gasteiger partial charge >= 0.3 is 0 Å². The number of alkyl halides is 2. The molecule has 0 unspecified atom stereocenters. The van der Waals surface area contributed by atoms with Crippen molar-refractivity contribution in [2.24, 2.45) is 0 Å². The van der Waals surface area contributed by atoms with Crippen LogP contribution >= 0.6 is 47.8 Å². The molecule has 106 valence electrons. The summed E-state index contributed by atoms with van der Waals surface area (Å²) in [7, 11) is 0. The SMILES string of the molecule is Cc1ccccc1CC(CBr)(CBr)c1ccc(Br)cc1. The second-order valence-electron chi connectivity index (χ2n) is 5.16. The Bertz CT molecular complexity index is 557. The lowest BCUT2D eigenvalue weighted by molar-refractivity contribution is 0.549. The van der Waals surface area contributed by atoms with Crippen LogP contribution in [0, 0.1) is 6.92 Å². The molecule has 0 aliphatic carbocycles. The van der Waals surface area contributed by atoms with Crippen LogP contribution in [-0.4, -0.2) is 10.7 Å². The molecule has 0 saturated carbocycles. The first kappa shape index (κ1) is 16.3. The molecule has 3 heteroatoms. The Balaban J connectivity index is 2.39. The van der Waals surface area contributed by atoms with Gasteiger partial charge in [0.15, 0.2) is 0 Å². The molecule has 2 aromatic rings. The number of halogens is 3. The predicted octanol–water partition coefficient (Wildman–Crippen LogP) is 6.03. The molecule has 0 aliphatic rings. The Morgan fingerprint density at radius 3 is 2.05 bits per heavy atom. The normalized spacial score (nSPS) is 11.6. The lowest BCUT2D eigenvalue weighted by atomic mass is 9.78. The lowest BCUT2D eigenvalue weighted by Crippen LogP contribution is -2.33. The van der Waals surface area contributed by atoms with Gasteiger partial charge in [0.1, 0.15) is 0 Å². The summed E-state index contributed by atoms with van der Waals surface area (Å²) in [6, 6.07) is 17.3. The van der Waals surface area contributed by atoms with Crippen molar-refractivity contribution in [3.63, 3.8) is 0 Å². The summed E-state index contributed by atoms with van der Waals surface area (Å²) in [4.78, 5) is 0. The van der Waals surface area contributed by atoms with E-state index in [2.05, 4.69) is 103 Å². The van der Waals surface area contributed by atoms with Crippen molar-refractivity contribution in [3.8, 4) is 0 Å². The zero-order valence-corrected chi connectivity index (χ0v) is 16.1. The first-order valence-corrected chi connectivity index (χ1v) is 9.57. The fraction of sp³-hybridized carbons (Fsp3) is 0.294. The van der Waals surface area contributed by atoms with E-state index in [1.165, 1.54) is 16.7 Å². The van der Waals surface area contributed by atoms with Crippen molar-refractivity contribution in [1.82, 2.24) is 0 Å². The van der Waals surface area contributed by atoms with E-state index in [0.717, 1.165) is 21.6 Å². The molecule has 0 aliphatic heterocycles. The molecule has 0 radical (unpaired) electrons. The number of rotatable bonds is 5. The Kier molecular flexibility index (Phi) is 5.88. The molecule has 20 heavy (non-hydrogen) atoms. The summed E-state index contributed by atoms with van der Waals surface area (Å²) in [5.74, 6) is 0. The molecule has 0 atom stereocenters. The Labute approximate surface area is 146 Å². The molecule has 0 spiro atoms. The van der Waals surface area contributed by atoms with Crippen LogP contribution in [0.1, 0.15) is 16.7 Å². The molecule has 0 aromatic heterocycles. The van der Waals surface area contributed by atoms with Crippen LogP contribution in [0.4, 0.5) is 0 Å². The fourth-order valence-electron chi connectivity index (χ4n) is 2.36. The number of benzene rings is 2. The van der Waals surface area contributed by atoms with Crippen molar-refractivity contribution in [3.05, 3.63) is 69.7 Å². The van der Waals surface area contributed by atoms with Gasteiger partial charge in [-0.15, -0.1) is 0 Å². The van der Waals surface area contributed by atoms with E-state index in [1.54, 1.807) is 0 Å². The number of hydrogen-bond donors (Lipinski definition) is 0. The highest BCUT2D eigenvalue weighted by Gasteiger charge is 2.30. The van der Waals surface area contributed by atoms with Gasteiger partial charge < -0.3 is 0 Å². The van der Waals surface area contributed by atoms with Crippen molar-refractivity contribution in [2.45, 2.75) is 18.8 Å². The van der Waals surface area contributed by atoms with Gasteiger partial charge in [0.2, 0.25) is 0 Å². The van der Waals surface area contributed by atoms with E-state index >= 15 is 0 Å². The van der Waals surface area contributed by atoms with Crippen LogP contribution in [0.15, 0.2) is 53.0 Å². The van der Waals surface area contributed by atoms with Crippen LogP contribution < -0.4 is 0 Å². The van der Waals surface area contributed by atoms with Gasteiger partial charge in [-0.2, -0.15) is 0 Å². The third-order valence-corrected chi connectivity index (χ3v) is 6.43. The van der Waals surface area contributed by atoms with Crippen LogP contribution in [0.5, 0.6) is 0 Å². The molecular weight excluding hydrogens is 444 g/mol. The molecule has 0 N–H and O–H groups in total. The van der Waals surface area contributed by atoms with E-state index in [0.29, 0.717) is 0 Å². The zero-order valence-electron chi connectivity index (χ0n) is 11.4. The van der Waals surface area contributed by atoms with Crippen LogP contribution in [-0.2, 0) is 11.8 Å². The monoisotopic (exact) mass is 458 g/mol. The standard InChI is InChI=1S/C17H17Br3/c1-13-4-2-3-5-14(13)10-17(11-18,12-19)15-6-8-16(20)9-7-15/h2-9H,10-12H2,1H3. The molecule has 0 saturated heterocycles. The van der Waals surface area contributed by atoms with Crippen molar-refractivity contribution in [1.29, 1.82) is 0 Å². The minimum atomic E-state index is 0.0762. The summed E-state index contributed by atoms with van der Waals surface area (Å²) >= 11 is 11.0. The maximum atomic E-state index is 3.73. The highest BCUT2D eigenvalue weighted by atomic mass is 79.9. The minimum Gasteiger partial charge on any atom is -0.0918 e. The summed E-state index contributed by atoms with van der Waals surface area (Å²) < 4.78 is 1.12. The van der Waals surface area contributed by atoms with E-state index < -0.39 is 0 Å². The van der Waals surface area contributed by atoms with Crippen LogP contribution in [0.2, 0.25) is 0 Å². The maximum absolute atomic E-state index is 3.73. The van der Waals surface area contributed by atoms with Crippen molar-refractivity contribution < 1.29 is 0 Å². The van der Waals surface area contributed by atoms with Crippen LogP contribution in [0.25, 0.3) is 0 Å². The third-order valence-electron chi connectivity index (χ3n) is 3.76. The Morgan fingerprint density at radius 1 is 0.900 bits per heavy atom. The Hall–Kier alpha value is -0.120. The van der Waals surface area contributed by atoms with Crippen molar-refractivity contribution in [2.75, 3.05) is 10.7 Å². The smallest absolute Gasteiger partial charge is 0.0187 e.